The number of nitrogens with zero attached hydrogens (tertiary/aromatic N) is 3. The molecule has 6 N–H and O–H groups in total. The summed E-state index contributed by atoms with van der Waals surface area (Å²) in [5.41, 5.74) is 11.7. The minimum Gasteiger partial charge on any atom is -0.391 e. The summed E-state index contributed by atoms with van der Waals surface area (Å²) in [4.78, 5) is 34.0. The second kappa shape index (κ2) is 12.9. The van der Waals surface area contributed by atoms with Crippen LogP contribution in [-0.2, 0) is 16.2 Å². The van der Waals surface area contributed by atoms with Crippen LogP contribution in [0, 0.1) is 6.92 Å². The molecule has 31 heavy (non-hydrogen) atoms. The zero-order chi connectivity index (χ0) is 21.9. The third-order valence-electron chi connectivity index (χ3n) is 4.52. The van der Waals surface area contributed by atoms with Crippen LogP contribution in [0.15, 0.2) is 46.5 Å². The zero-order valence-electron chi connectivity index (χ0n) is 17.3. The standard InChI is InChI=1S/C20H29N7O3.CH4/c1-3-15(16-7-5-4-6-8-16)12-25-18-19(29)27(14(2)11-24-18)13-17(28)23-9-10-30-26-20(21)22;/h4-8,11,15H,3,9-10,12-13H2,1-2H3,(H,23,28)(H,24,25)(H4,21,22,26);1H4. The number of hydrogen-bond acceptors (Lipinski definition) is 6. The van der Waals surface area contributed by atoms with Crippen LogP contribution in [0.1, 0.15) is 37.9 Å². The second-order valence-corrected chi connectivity index (χ2v) is 6.74. The highest BCUT2D eigenvalue weighted by atomic mass is 16.6. The molecule has 1 unspecified atom stereocenters. The van der Waals surface area contributed by atoms with E-state index in [2.05, 4.69) is 39.8 Å². The average Bonchev–Trinajstić information content (AvgIpc) is 2.73. The van der Waals surface area contributed by atoms with Crippen molar-refractivity contribution in [3.63, 3.8) is 0 Å². The summed E-state index contributed by atoms with van der Waals surface area (Å²) in [5.74, 6) is -0.0613. The molecule has 0 radical (unpaired) electrons. The molecule has 10 heteroatoms. The molecule has 1 aromatic heterocycles. The van der Waals surface area contributed by atoms with Crippen LogP contribution >= 0.6 is 0 Å². The van der Waals surface area contributed by atoms with Crippen molar-refractivity contribution in [1.29, 1.82) is 0 Å². The fraction of sp³-hybridized carbons (Fsp3) is 0.429. The summed E-state index contributed by atoms with van der Waals surface area (Å²) in [6.07, 6.45) is 2.49. The van der Waals surface area contributed by atoms with E-state index >= 15 is 0 Å². The molecule has 0 bridgehead atoms. The summed E-state index contributed by atoms with van der Waals surface area (Å²) in [5, 5.41) is 9.14. The topological polar surface area (TPSA) is 150 Å². The largest absolute Gasteiger partial charge is 0.391 e. The Morgan fingerprint density at radius 1 is 1.29 bits per heavy atom. The Labute approximate surface area is 182 Å². The van der Waals surface area contributed by atoms with Crippen LogP contribution in [0.4, 0.5) is 5.82 Å². The molecule has 1 atom stereocenters. The molecule has 0 aliphatic heterocycles. The predicted molar refractivity (Wildman–Crippen MR) is 123 cm³/mol. The maximum Gasteiger partial charge on any atom is 0.293 e. The molecule has 0 fully saturated rings. The van der Waals surface area contributed by atoms with Crippen molar-refractivity contribution >= 4 is 17.7 Å². The minimum absolute atomic E-state index is 0. The second-order valence-electron chi connectivity index (χ2n) is 6.74. The molecule has 0 saturated carbocycles. The lowest BCUT2D eigenvalue weighted by atomic mass is 9.96. The number of hydrogen-bond donors (Lipinski definition) is 4. The van der Waals surface area contributed by atoms with Gasteiger partial charge in [-0.2, -0.15) is 0 Å². The molecule has 2 rings (SSSR count). The molecule has 0 aliphatic carbocycles. The molecule has 2 aromatic rings. The predicted octanol–water partition coefficient (Wildman–Crippen LogP) is 1.11. The van der Waals surface area contributed by atoms with Gasteiger partial charge in [0.1, 0.15) is 13.2 Å². The SMILES string of the molecule is C.CCC(CNc1ncc(C)n(CC(=O)NCCON=C(N)N)c1=O)c1ccccc1. The monoisotopic (exact) mass is 431 g/mol. The summed E-state index contributed by atoms with van der Waals surface area (Å²) in [6, 6.07) is 10.1. The van der Waals surface area contributed by atoms with E-state index in [-0.39, 0.29) is 56.3 Å². The van der Waals surface area contributed by atoms with Crippen molar-refractivity contribution in [1.82, 2.24) is 14.9 Å². The molecule has 0 saturated heterocycles. The number of nitrogens with two attached hydrogens (primary N) is 2. The Bertz CT molecular complexity index is 909. The van der Waals surface area contributed by atoms with Crippen LogP contribution in [0.2, 0.25) is 0 Å². The van der Waals surface area contributed by atoms with E-state index in [1.807, 2.05) is 18.2 Å². The number of nitrogens with one attached hydrogen (secondary N) is 2. The van der Waals surface area contributed by atoms with E-state index in [4.69, 9.17) is 16.3 Å². The van der Waals surface area contributed by atoms with Crippen molar-refractivity contribution in [3.8, 4) is 0 Å². The van der Waals surface area contributed by atoms with Crippen LogP contribution in [0.3, 0.4) is 0 Å². The normalized spacial score (nSPS) is 11.0. The van der Waals surface area contributed by atoms with Gasteiger partial charge in [-0.25, -0.2) is 4.98 Å². The highest BCUT2D eigenvalue weighted by Crippen LogP contribution is 2.19. The van der Waals surface area contributed by atoms with Crippen molar-refractivity contribution in [2.24, 2.45) is 16.6 Å². The maximum atomic E-state index is 12.8. The van der Waals surface area contributed by atoms with Gasteiger partial charge in [0, 0.05) is 24.4 Å². The van der Waals surface area contributed by atoms with Crippen molar-refractivity contribution in [2.45, 2.75) is 40.2 Å². The van der Waals surface area contributed by atoms with E-state index in [1.54, 1.807) is 13.1 Å². The Balaban J connectivity index is 0.00000480. The number of carbonyl (C=O) groups is 1. The Morgan fingerprint density at radius 2 is 2.00 bits per heavy atom. The van der Waals surface area contributed by atoms with E-state index in [0.29, 0.717) is 12.2 Å². The van der Waals surface area contributed by atoms with Gasteiger partial charge in [-0.1, -0.05) is 44.7 Å². The number of oxime groups is 1. The fourth-order valence-corrected chi connectivity index (χ4v) is 2.89. The van der Waals surface area contributed by atoms with E-state index in [0.717, 1.165) is 6.42 Å². The molecular weight excluding hydrogens is 398 g/mol. The lowest BCUT2D eigenvalue weighted by molar-refractivity contribution is -0.122. The molecule has 0 spiro atoms. The maximum absolute atomic E-state index is 12.8. The molecule has 0 aliphatic rings. The molecule has 1 aromatic carbocycles. The number of aryl methyl sites for hydroxylation is 1. The number of anilines is 1. The van der Waals surface area contributed by atoms with E-state index in [9.17, 15) is 9.59 Å². The van der Waals surface area contributed by atoms with Crippen LogP contribution < -0.4 is 27.7 Å². The summed E-state index contributed by atoms with van der Waals surface area (Å²) in [6.45, 7) is 4.58. The lowest BCUT2D eigenvalue weighted by Crippen LogP contribution is -2.36. The fourth-order valence-electron chi connectivity index (χ4n) is 2.89. The summed E-state index contributed by atoms with van der Waals surface area (Å²) >= 11 is 0. The first-order valence-electron chi connectivity index (χ1n) is 9.75. The molecular formula is C21H33N7O3. The van der Waals surface area contributed by atoms with Gasteiger partial charge in [0.05, 0.1) is 6.54 Å². The third-order valence-corrected chi connectivity index (χ3v) is 4.52. The molecule has 1 heterocycles. The van der Waals surface area contributed by atoms with Gasteiger partial charge in [-0.15, -0.1) is 0 Å². The number of carbonyl (C=O) groups excluding carboxylic acids is 1. The molecule has 1 amide bonds. The van der Waals surface area contributed by atoms with Gasteiger partial charge in [0.25, 0.3) is 5.56 Å². The number of benzene rings is 1. The Kier molecular flexibility index (Phi) is 10.6. The number of aromatic nitrogens is 2. The van der Waals surface area contributed by atoms with Gasteiger partial charge >= 0.3 is 0 Å². The van der Waals surface area contributed by atoms with E-state index < -0.39 is 0 Å². The van der Waals surface area contributed by atoms with Gasteiger partial charge in [0.2, 0.25) is 11.9 Å². The first-order valence-corrected chi connectivity index (χ1v) is 9.75. The number of guanidine groups is 1. The summed E-state index contributed by atoms with van der Waals surface area (Å²) < 4.78 is 1.38. The minimum atomic E-state index is -0.343. The van der Waals surface area contributed by atoms with Crippen molar-refractivity contribution in [2.75, 3.05) is 25.0 Å². The van der Waals surface area contributed by atoms with Gasteiger partial charge in [-0.3, -0.25) is 14.2 Å². The Morgan fingerprint density at radius 3 is 2.65 bits per heavy atom. The number of amides is 1. The highest BCUT2D eigenvalue weighted by molar-refractivity contribution is 5.76. The van der Waals surface area contributed by atoms with Crippen molar-refractivity contribution in [3.05, 3.63) is 58.1 Å². The summed E-state index contributed by atoms with van der Waals surface area (Å²) in [7, 11) is 0. The van der Waals surface area contributed by atoms with Gasteiger partial charge < -0.3 is 26.9 Å². The van der Waals surface area contributed by atoms with E-state index in [1.165, 1.54) is 10.1 Å². The molecule has 10 nitrogen and oxygen atoms in total. The first kappa shape index (κ1) is 25.5. The Hall–Kier alpha value is -3.56. The first-order chi connectivity index (χ1) is 14.4. The van der Waals surface area contributed by atoms with Crippen molar-refractivity contribution < 1.29 is 9.63 Å². The quantitative estimate of drug-likeness (QED) is 0.180. The zero-order valence-corrected chi connectivity index (χ0v) is 17.3. The smallest absolute Gasteiger partial charge is 0.293 e. The average molecular weight is 432 g/mol. The van der Waals surface area contributed by atoms with Crippen LogP contribution in [-0.4, -0.2) is 41.1 Å². The number of rotatable bonds is 11. The lowest BCUT2D eigenvalue weighted by Gasteiger charge is -2.17. The van der Waals surface area contributed by atoms with Crippen LogP contribution in [0.5, 0.6) is 0 Å². The van der Waals surface area contributed by atoms with Crippen LogP contribution in [0.25, 0.3) is 0 Å². The third kappa shape index (κ3) is 8.00. The highest BCUT2D eigenvalue weighted by Gasteiger charge is 2.14. The van der Waals surface area contributed by atoms with Gasteiger partial charge in [0.15, 0.2) is 5.82 Å². The molecule has 170 valence electrons. The van der Waals surface area contributed by atoms with Gasteiger partial charge in [-0.05, 0) is 24.1 Å².